The quantitative estimate of drug-likeness (QED) is 0.693. The average molecular weight is 246 g/mol. The molecule has 0 amide bonds. The Morgan fingerprint density at radius 2 is 1.89 bits per heavy atom. The van der Waals surface area contributed by atoms with Crippen molar-refractivity contribution in [3.63, 3.8) is 0 Å². The van der Waals surface area contributed by atoms with Crippen LogP contribution in [-0.2, 0) is 0 Å². The highest BCUT2D eigenvalue weighted by Crippen LogP contribution is 2.21. The van der Waals surface area contributed by atoms with Gasteiger partial charge in [0.15, 0.2) is 17.5 Å². The second kappa shape index (κ2) is 3.76. The van der Waals surface area contributed by atoms with Crippen LogP contribution in [0.25, 0.3) is 22.6 Å². The molecule has 2 heterocycles. The molecule has 18 heavy (non-hydrogen) atoms. The maximum atomic E-state index is 13.1. The van der Waals surface area contributed by atoms with E-state index in [-0.39, 0.29) is 0 Å². The third-order valence-corrected chi connectivity index (χ3v) is 2.55. The zero-order chi connectivity index (χ0) is 12.7. The molecule has 0 bridgehead atoms. The van der Waals surface area contributed by atoms with Crippen molar-refractivity contribution in [3.05, 3.63) is 42.1 Å². The number of benzene rings is 1. The van der Waals surface area contributed by atoms with Gasteiger partial charge < -0.3 is 10.7 Å². The molecule has 0 aliphatic rings. The minimum Gasteiger partial charge on any atom is -0.397 e. The van der Waals surface area contributed by atoms with Gasteiger partial charge in [0.05, 0.1) is 22.9 Å². The van der Waals surface area contributed by atoms with Crippen LogP contribution in [0.2, 0.25) is 0 Å². The monoisotopic (exact) mass is 246 g/mol. The van der Waals surface area contributed by atoms with Crippen molar-refractivity contribution in [2.75, 3.05) is 5.73 Å². The first-order chi connectivity index (χ1) is 8.63. The lowest BCUT2D eigenvalue weighted by atomic mass is 10.3. The molecule has 0 fully saturated rings. The maximum absolute atomic E-state index is 13.1. The largest absolute Gasteiger partial charge is 0.397 e. The van der Waals surface area contributed by atoms with E-state index in [0.29, 0.717) is 28.2 Å². The summed E-state index contributed by atoms with van der Waals surface area (Å²) in [6, 6.07) is 5.47. The number of nitrogens with zero attached hydrogens (tertiary/aromatic N) is 2. The van der Waals surface area contributed by atoms with E-state index in [1.54, 1.807) is 12.1 Å². The van der Waals surface area contributed by atoms with Gasteiger partial charge in [-0.15, -0.1) is 0 Å². The Bertz CT molecular complexity index is 680. The fourth-order valence-corrected chi connectivity index (χ4v) is 1.67. The number of nitrogens with two attached hydrogens (primary N) is 1. The lowest BCUT2D eigenvalue weighted by molar-refractivity contribution is 0.510. The molecule has 90 valence electrons. The normalized spacial score (nSPS) is 11.0. The predicted molar refractivity (Wildman–Crippen MR) is 63.7 cm³/mol. The molecule has 0 unspecified atom stereocenters. The maximum Gasteiger partial charge on any atom is 0.161 e. The molecule has 0 saturated carbocycles. The number of H-pyrrole nitrogens is 1. The van der Waals surface area contributed by atoms with Gasteiger partial charge >= 0.3 is 0 Å². The first-order valence-electron chi connectivity index (χ1n) is 5.20. The Balaban J connectivity index is 2.16. The number of nitrogens with one attached hydrogen (secondary N) is 1. The fourth-order valence-electron chi connectivity index (χ4n) is 1.67. The molecular weight excluding hydrogens is 238 g/mol. The van der Waals surface area contributed by atoms with E-state index < -0.39 is 11.6 Å². The molecule has 0 aliphatic heterocycles. The summed E-state index contributed by atoms with van der Waals surface area (Å²) in [6.45, 7) is 0. The number of hydrogen-bond acceptors (Lipinski definition) is 3. The van der Waals surface area contributed by atoms with Gasteiger partial charge in [-0.25, -0.2) is 13.8 Å². The number of nitrogen functional groups attached to an aromatic ring is 1. The van der Waals surface area contributed by atoms with Crippen molar-refractivity contribution in [2.24, 2.45) is 0 Å². The fraction of sp³-hybridized carbons (Fsp3) is 0. The number of pyridine rings is 1. The molecule has 0 aliphatic carbocycles. The minimum absolute atomic E-state index is 0.350. The van der Waals surface area contributed by atoms with E-state index in [4.69, 9.17) is 5.73 Å². The summed E-state index contributed by atoms with van der Waals surface area (Å²) in [7, 11) is 0. The third kappa shape index (κ3) is 1.67. The molecule has 6 heteroatoms. The van der Waals surface area contributed by atoms with E-state index in [9.17, 15) is 8.78 Å². The smallest absolute Gasteiger partial charge is 0.161 e. The highest BCUT2D eigenvalue weighted by Gasteiger charge is 2.10. The molecular formula is C12H8F2N4. The van der Waals surface area contributed by atoms with Gasteiger partial charge in [-0.1, -0.05) is 0 Å². The van der Waals surface area contributed by atoms with Crippen LogP contribution in [-0.4, -0.2) is 15.0 Å². The number of aromatic amines is 1. The number of fused-ring (bicyclic) bond motifs is 1. The van der Waals surface area contributed by atoms with Crippen LogP contribution < -0.4 is 5.73 Å². The van der Waals surface area contributed by atoms with Crippen LogP contribution in [0.1, 0.15) is 0 Å². The molecule has 0 saturated heterocycles. The summed E-state index contributed by atoms with van der Waals surface area (Å²) < 4.78 is 26.1. The van der Waals surface area contributed by atoms with E-state index in [0.717, 1.165) is 12.1 Å². The molecule has 3 aromatic rings. The van der Waals surface area contributed by atoms with Gasteiger partial charge in [0, 0.05) is 12.1 Å². The van der Waals surface area contributed by atoms with E-state index in [1.165, 1.54) is 6.20 Å². The predicted octanol–water partition coefficient (Wildman–Crippen LogP) is 2.49. The lowest BCUT2D eigenvalue weighted by Crippen LogP contribution is -1.89. The van der Waals surface area contributed by atoms with E-state index >= 15 is 0 Å². The number of hydrogen-bond donors (Lipinski definition) is 2. The van der Waals surface area contributed by atoms with Crippen molar-refractivity contribution in [2.45, 2.75) is 0 Å². The van der Waals surface area contributed by atoms with Crippen molar-refractivity contribution in [1.82, 2.24) is 15.0 Å². The van der Waals surface area contributed by atoms with Crippen LogP contribution in [0.5, 0.6) is 0 Å². The van der Waals surface area contributed by atoms with Crippen LogP contribution in [0, 0.1) is 11.6 Å². The Kier molecular flexibility index (Phi) is 2.22. The summed E-state index contributed by atoms with van der Waals surface area (Å²) in [4.78, 5) is 11.1. The summed E-state index contributed by atoms with van der Waals surface area (Å²) in [6.07, 6.45) is 1.49. The van der Waals surface area contributed by atoms with E-state index in [1.807, 2.05) is 0 Å². The Morgan fingerprint density at radius 3 is 2.61 bits per heavy atom. The minimum atomic E-state index is -0.925. The van der Waals surface area contributed by atoms with Crippen molar-refractivity contribution >= 4 is 16.7 Å². The summed E-state index contributed by atoms with van der Waals surface area (Å²) >= 11 is 0. The zero-order valence-electron chi connectivity index (χ0n) is 9.11. The molecule has 0 spiro atoms. The SMILES string of the molecule is Nc1ccc(-c2nc3cc(F)c(F)cc3[nH]2)nc1. The second-order valence-corrected chi connectivity index (χ2v) is 3.85. The molecule has 0 atom stereocenters. The first kappa shape index (κ1) is 10.6. The highest BCUT2D eigenvalue weighted by atomic mass is 19.2. The van der Waals surface area contributed by atoms with Gasteiger partial charge in [0.1, 0.15) is 5.69 Å². The number of imidazole rings is 1. The molecule has 2 aromatic heterocycles. The molecule has 1 aromatic carbocycles. The summed E-state index contributed by atoms with van der Waals surface area (Å²) in [5, 5.41) is 0. The van der Waals surface area contributed by atoms with Gasteiger partial charge in [0.2, 0.25) is 0 Å². The molecule has 3 rings (SSSR count). The van der Waals surface area contributed by atoms with Crippen LogP contribution in [0.3, 0.4) is 0 Å². The van der Waals surface area contributed by atoms with Crippen LogP contribution >= 0.6 is 0 Å². The lowest BCUT2D eigenvalue weighted by Gasteiger charge is -1.95. The van der Waals surface area contributed by atoms with Gasteiger partial charge in [-0.05, 0) is 12.1 Å². The number of anilines is 1. The zero-order valence-corrected chi connectivity index (χ0v) is 9.11. The Labute approximate surface area is 100 Å². The van der Waals surface area contributed by atoms with Gasteiger partial charge in [0.25, 0.3) is 0 Å². The van der Waals surface area contributed by atoms with Crippen molar-refractivity contribution in [1.29, 1.82) is 0 Å². The van der Waals surface area contributed by atoms with Gasteiger partial charge in [-0.3, -0.25) is 4.98 Å². The number of rotatable bonds is 1. The van der Waals surface area contributed by atoms with Crippen molar-refractivity contribution < 1.29 is 8.78 Å². The average Bonchev–Trinajstić information content (AvgIpc) is 2.73. The van der Waals surface area contributed by atoms with Crippen LogP contribution in [0.4, 0.5) is 14.5 Å². The Morgan fingerprint density at radius 1 is 1.11 bits per heavy atom. The number of aromatic nitrogens is 3. The van der Waals surface area contributed by atoms with Crippen molar-refractivity contribution in [3.8, 4) is 11.5 Å². The summed E-state index contributed by atoms with van der Waals surface area (Å²) in [5.74, 6) is -1.40. The van der Waals surface area contributed by atoms with Crippen LogP contribution in [0.15, 0.2) is 30.5 Å². The molecule has 4 nitrogen and oxygen atoms in total. The Hall–Kier alpha value is -2.50. The highest BCUT2D eigenvalue weighted by molar-refractivity contribution is 5.78. The number of halogens is 2. The molecule has 0 radical (unpaired) electrons. The standard InChI is InChI=1S/C12H8F2N4/c13-7-3-10-11(4-8(7)14)18-12(17-10)9-2-1-6(15)5-16-9/h1-5H,15H2,(H,17,18). The third-order valence-electron chi connectivity index (χ3n) is 2.55. The molecule has 3 N–H and O–H groups in total. The topological polar surface area (TPSA) is 67.6 Å². The summed E-state index contributed by atoms with van der Waals surface area (Å²) in [5.41, 5.74) is 7.39. The van der Waals surface area contributed by atoms with E-state index in [2.05, 4.69) is 15.0 Å². The van der Waals surface area contributed by atoms with Gasteiger partial charge in [-0.2, -0.15) is 0 Å². The second-order valence-electron chi connectivity index (χ2n) is 3.85. The first-order valence-corrected chi connectivity index (χ1v) is 5.20.